The van der Waals surface area contributed by atoms with Gasteiger partial charge in [-0.25, -0.2) is 9.59 Å². The van der Waals surface area contributed by atoms with Gasteiger partial charge in [0, 0.05) is 26.1 Å². The minimum atomic E-state index is -1.14. The largest absolute Gasteiger partial charge is 0.480 e. The molecule has 1 saturated carbocycles. The van der Waals surface area contributed by atoms with E-state index in [1.54, 1.807) is 4.90 Å². The average Bonchev–Trinajstić information content (AvgIpc) is 3.10. The molecular formula is C14H23N3O4. The van der Waals surface area contributed by atoms with Crippen LogP contribution in [-0.4, -0.2) is 53.1 Å². The Labute approximate surface area is 124 Å². The maximum absolute atomic E-state index is 11.8. The van der Waals surface area contributed by atoms with Crippen LogP contribution in [0.5, 0.6) is 0 Å². The number of amides is 3. The first-order valence-electron chi connectivity index (χ1n) is 7.61. The molecule has 1 aliphatic heterocycles. The van der Waals surface area contributed by atoms with E-state index in [0.717, 1.165) is 38.8 Å². The Hall–Kier alpha value is -1.79. The van der Waals surface area contributed by atoms with Crippen molar-refractivity contribution in [2.75, 3.05) is 19.6 Å². The fourth-order valence-corrected chi connectivity index (χ4v) is 3.04. The number of urea groups is 1. The Morgan fingerprint density at radius 2 is 1.67 bits per heavy atom. The van der Waals surface area contributed by atoms with Crippen LogP contribution >= 0.6 is 0 Å². The van der Waals surface area contributed by atoms with Crippen LogP contribution in [0.2, 0.25) is 0 Å². The summed E-state index contributed by atoms with van der Waals surface area (Å²) in [7, 11) is 0. The van der Waals surface area contributed by atoms with Gasteiger partial charge in [0.1, 0.15) is 5.54 Å². The maximum atomic E-state index is 11.8. The highest BCUT2D eigenvalue weighted by atomic mass is 16.4. The Morgan fingerprint density at radius 1 is 1.05 bits per heavy atom. The summed E-state index contributed by atoms with van der Waals surface area (Å²) < 4.78 is 0. The Bertz CT molecular complexity index is 412. The van der Waals surface area contributed by atoms with Gasteiger partial charge in [0.05, 0.1) is 0 Å². The van der Waals surface area contributed by atoms with Crippen LogP contribution in [0.15, 0.2) is 0 Å². The van der Waals surface area contributed by atoms with Crippen molar-refractivity contribution in [1.82, 2.24) is 15.5 Å². The lowest BCUT2D eigenvalue weighted by atomic mass is 9.98. The molecule has 1 aliphatic carbocycles. The average molecular weight is 297 g/mol. The predicted molar refractivity (Wildman–Crippen MR) is 75.8 cm³/mol. The van der Waals surface area contributed by atoms with Crippen LogP contribution in [-0.2, 0) is 9.59 Å². The van der Waals surface area contributed by atoms with Gasteiger partial charge in [-0.1, -0.05) is 12.8 Å². The lowest BCUT2D eigenvalue weighted by Crippen LogP contribution is -2.55. The van der Waals surface area contributed by atoms with Gasteiger partial charge >= 0.3 is 12.0 Å². The molecule has 0 aromatic heterocycles. The van der Waals surface area contributed by atoms with E-state index < -0.39 is 17.5 Å². The highest BCUT2D eigenvalue weighted by molar-refractivity contribution is 5.86. The summed E-state index contributed by atoms with van der Waals surface area (Å²) in [5.74, 6) is -0.940. The lowest BCUT2D eigenvalue weighted by Gasteiger charge is -2.25. The van der Waals surface area contributed by atoms with Gasteiger partial charge in [-0.15, -0.1) is 0 Å². The molecular weight excluding hydrogens is 274 g/mol. The summed E-state index contributed by atoms with van der Waals surface area (Å²) in [6, 6.07) is -0.506. The molecule has 0 radical (unpaired) electrons. The van der Waals surface area contributed by atoms with E-state index in [2.05, 4.69) is 10.6 Å². The van der Waals surface area contributed by atoms with E-state index in [-0.39, 0.29) is 18.9 Å². The van der Waals surface area contributed by atoms with Crippen LogP contribution in [0, 0.1) is 0 Å². The quantitative estimate of drug-likeness (QED) is 0.695. The molecule has 2 rings (SSSR count). The standard InChI is InChI=1S/C14H23N3O4/c18-11(17-9-3-4-10-17)5-8-15-13(21)16-14(12(19)20)6-1-2-7-14/h1-10H2,(H,19,20)(H2,15,16,21). The van der Waals surface area contributed by atoms with Crippen LogP contribution in [0.4, 0.5) is 4.79 Å². The zero-order valence-electron chi connectivity index (χ0n) is 12.2. The number of rotatable bonds is 5. The van der Waals surface area contributed by atoms with Crippen molar-refractivity contribution in [2.45, 2.75) is 50.5 Å². The fraction of sp³-hybridized carbons (Fsp3) is 0.786. The van der Waals surface area contributed by atoms with Crippen molar-refractivity contribution in [2.24, 2.45) is 0 Å². The number of aliphatic carboxylic acids is 1. The molecule has 2 aliphatic rings. The first kappa shape index (κ1) is 15.6. The van der Waals surface area contributed by atoms with E-state index in [1.807, 2.05) is 0 Å². The number of hydrogen-bond acceptors (Lipinski definition) is 3. The van der Waals surface area contributed by atoms with Crippen molar-refractivity contribution in [1.29, 1.82) is 0 Å². The smallest absolute Gasteiger partial charge is 0.329 e. The summed E-state index contributed by atoms with van der Waals surface area (Å²) in [6.07, 6.45) is 4.88. The molecule has 0 atom stereocenters. The molecule has 1 heterocycles. The molecule has 0 bridgehead atoms. The number of carboxylic acids is 1. The zero-order valence-corrected chi connectivity index (χ0v) is 12.2. The Balaban J connectivity index is 1.71. The van der Waals surface area contributed by atoms with Gasteiger partial charge in [-0.2, -0.15) is 0 Å². The zero-order chi connectivity index (χ0) is 15.3. The summed E-state index contributed by atoms with van der Waals surface area (Å²) in [4.78, 5) is 36.7. The normalized spacial score (nSPS) is 20.3. The van der Waals surface area contributed by atoms with Crippen molar-refractivity contribution >= 4 is 17.9 Å². The van der Waals surface area contributed by atoms with Crippen LogP contribution in [0.25, 0.3) is 0 Å². The molecule has 21 heavy (non-hydrogen) atoms. The topological polar surface area (TPSA) is 98.7 Å². The predicted octanol–water partition coefficient (Wildman–Crippen LogP) is 0.695. The second kappa shape index (κ2) is 6.78. The summed E-state index contributed by atoms with van der Waals surface area (Å²) in [5, 5.41) is 14.4. The second-order valence-corrected chi connectivity index (χ2v) is 5.81. The van der Waals surface area contributed by atoms with Gasteiger partial charge < -0.3 is 20.6 Å². The highest BCUT2D eigenvalue weighted by Gasteiger charge is 2.42. The van der Waals surface area contributed by atoms with Crippen molar-refractivity contribution in [3.05, 3.63) is 0 Å². The minimum Gasteiger partial charge on any atom is -0.480 e. The highest BCUT2D eigenvalue weighted by Crippen LogP contribution is 2.29. The SMILES string of the molecule is O=C(NCCC(=O)N1CCCC1)NC1(C(=O)O)CCCC1. The molecule has 118 valence electrons. The van der Waals surface area contributed by atoms with E-state index >= 15 is 0 Å². The van der Waals surface area contributed by atoms with Gasteiger partial charge in [0.25, 0.3) is 0 Å². The molecule has 7 nitrogen and oxygen atoms in total. The number of likely N-dealkylation sites (tertiary alicyclic amines) is 1. The number of nitrogens with one attached hydrogen (secondary N) is 2. The monoisotopic (exact) mass is 297 g/mol. The molecule has 7 heteroatoms. The van der Waals surface area contributed by atoms with E-state index in [1.165, 1.54) is 0 Å². The molecule has 0 aromatic carbocycles. The fourth-order valence-electron chi connectivity index (χ4n) is 3.04. The molecule has 0 unspecified atom stereocenters. The van der Waals surface area contributed by atoms with Crippen molar-refractivity contribution < 1.29 is 19.5 Å². The number of carbonyl (C=O) groups is 3. The van der Waals surface area contributed by atoms with Crippen LogP contribution < -0.4 is 10.6 Å². The third-order valence-corrected chi connectivity index (χ3v) is 4.30. The van der Waals surface area contributed by atoms with Crippen molar-refractivity contribution in [3.8, 4) is 0 Å². The Kier molecular flexibility index (Phi) is 5.03. The third kappa shape index (κ3) is 3.86. The molecule has 0 spiro atoms. The van der Waals surface area contributed by atoms with Gasteiger partial charge in [0.2, 0.25) is 5.91 Å². The maximum Gasteiger partial charge on any atom is 0.329 e. The summed E-state index contributed by atoms with van der Waals surface area (Å²) in [6.45, 7) is 1.83. The number of hydrogen-bond donors (Lipinski definition) is 3. The van der Waals surface area contributed by atoms with E-state index in [9.17, 15) is 19.5 Å². The minimum absolute atomic E-state index is 0.0432. The van der Waals surface area contributed by atoms with Crippen molar-refractivity contribution in [3.63, 3.8) is 0 Å². The molecule has 1 saturated heterocycles. The molecule has 3 N–H and O–H groups in total. The van der Waals surface area contributed by atoms with Crippen LogP contribution in [0.3, 0.4) is 0 Å². The number of nitrogens with zero attached hydrogens (tertiary/aromatic N) is 1. The third-order valence-electron chi connectivity index (χ3n) is 4.30. The van der Waals surface area contributed by atoms with E-state index in [0.29, 0.717) is 12.8 Å². The summed E-state index contributed by atoms with van der Waals surface area (Å²) >= 11 is 0. The van der Waals surface area contributed by atoms with E-state index in [4.69, 9.17) is 0 Å². The second-order valence-electron chi connectivity index (χ2n) is 5.81. The first-order chi connectivity index (χ1) is 10.0. The number of carboxylic acid groups (broad SMARTS) is 1. The molecule has 2 fully saturated rings. The molecule has 0 aromatic rings. The van der Waals surface area contributed by atoms with Gasteiger partial charge in [-0.05, 0) is 25.7 Å². The van der Waals surface area contributed by atoms with Gasteiger partial charge in [0.15, 0.2) is 0 Å². The number of carbonyl (C=O) groups excluding carboxylic acids is 2. The van der Waals surface area contributed by atoms with Crippen LogP contribution in [0.1, 0.15) is 44.9 Å². The first-order valence-corrected chi connectivity index (χ1v) is 7.61. The molecule has 3 amide bonds. The Morgan fingerprint density at radius 3 is 2.24 bits per heavy atom. The lowest BCUT2D eigenvalue weighted by molar-refractivity contribution is -0.144. The van der Waals surface area contributed by atoms with Gasteiger partial charge in [-0.3, -0.25) is 4.79 Å². The summed E-state index contributed by atoms with van der Waals surface area (Å²) in [5.41, 5.74) is -1.14.